The summed E-state index contributed by atoms with van der Waals surface area (Å²) in [6.45, 7) is 26.0. The average molecular weight is 1490 g/mol. The van der Waals surface area contributed by atoms with E-state index in [0.29, 0.717) is 93.8 Å². The lowest BCUT2D eigenvalue weighted by atomic mass is 9.80. The second-order valence-electron chi connectivity index (χ2n) is 31.1. The summed E-state index contributed by atoms with van der Waals surface area (Å²) in [6.07, 6.45) is 12.6. The highest BCUT2D eigenvalue weighted by molar-refractivity contribution is 6.45. The number of unbranched alkanes of at least 4 members (excludes halogenated alkanes) is 2. The van der Waals surface area contributed by atoms with Crippen molar-refractivity contribution >= 4 is 90.6 Å². The molecule has 2 aliphatic carbocycles. The number of benzene rings is 9. The maximum Gasteiger partial charge on any atom is 0.333 e. The standard InChI is InChI=1S/C92H98N2O16/c1-51(2)89(99)103-31-19-21-33-105-91(101)71(29-27-61-23-15-13-16-24-61)93-85(95)67-47-73(107-63-39-53(5)35-54(6)40-63)79-81-75(109-65-43-57(9)37-58(10)44-65)49-69-78-70(88(98)94(87(69)97)72(30-28-62-25-17-14-18-26-62)92(102)106-34-22-20-32-104-90(100)52(3)4)50-76(110-66-45-59(11)38-60(12)46-66)82(84(78)81)80-74(48-68(86(93)96)77(67)83(79)80)108-64-41-55(7)36-56(8)42-64/h35-50,61-62,71-72H,1,3,13-34H2,2,4-12H3. The van der Waals surface area contributed by atoms with Crippen LogP contribution in [0.4, 0.5) is 0 Å². The third kappa shape index (κ3) is 16.5. The van der Waals surface area contributed by atoms with Gasteiger partial charge in [-0.2, -0.15) is 0 Å². The molecule has 572 valence electrons. The lowest BCUT2D eigenvalue weighted by Gasteiger charge is -2.36. The zero-order valence-corrected chi connectivity index (χ0v) is 64.9. The normalized spacial score (nSPS) is 15.2. The van der Waals surface area contributed by atoms with E-state index in [-0.39, 0.29) is 118 Å². The first-order chi connectivity index (χ1) is 52.8. The Labute approximate surface area is 642 Å². The number of esters is 4. The predicted molar refractivity (Wildman–Crippen MR) is 424 cm³/mol. The summed E-state index contributed by atoms with van der Waals surface area (Å²) in [7, 11) is 0. The summed E-state index contributed by atoms with van der Waals surface area (Å²) >= 11 is 0. The van der Waals surface area contributed by atoms with Gasteiger partial charge in [0.15, 0.2) is 0 Å². The van der Waals surface area contributed by atoms with Gasteiger partial charge in [-0.15, -0.1) is 0 Å². The van der Waals surface area contributed by atoms with Crippen LogP contribution in [0, 0.1) is 67.2 Å². The molecule has 2 atom stereocenters. The predicted octanol–water partition coefficient (Wildman–Crippen LogP) is 20.9. The van der Waals surface area contributed by atoms with Crippen LogP contribution < -0.4 is 18.9 Å². The van der Waals surface area contributed by atoms with Crippen molar-refractivity contribution in [2.75, 3.05) is 26.4 Å². The monoisotopic (exact) mass is 1490 g/mol. The maximum atomic E-state index is 16.6. The first kappa shape index (κ1) is 77.3. The molecule has 0 bridgehead atoms. The number of hydrogen-bond donors (Lipinski definition) is 0. The quantitative estimate of drug-likeness (QED) is 0.00778. The maximum absolute atomic E-state index is 16.6. The van der Waals surface area contributed by atoms with Crippen molar-refractivity contribution in [3.8, 4) is 46.0 Å². The third-order valence-corrected chi connectivity index (χ3v) is 21.7. The molecule has 13 rings (SSSR count). The van der Waals surface area contributed by atoms with Gasteiger partial charge in [-0.25, -0.2) is 19.2 Å². The van der Waals surface area contributed by atoms with Gasteiger partial charge in [0.1, 0.15) is 58.1 Å². The van der Waals surface area contributed by atoms with Crippen LogP contribution in [0.25, 0.3) is 43.1 Å². The average Bonchev–Trinajstić information content (AvgIpc) is 0.670. The fourth-order valence-corrected chi connectivity index (χ4v) is 16.9. The van der Waals surface area contributed by atoms with Crippen LogP contribution in [-0.2, 0) is 38.1 Å². The summed E-state index contributed by atoms with van der Waals surface area (Å²) < 4.78 is 52.5. The van der Waals surface area contributed by atoms with Gasteiger partial charge < -0.3 is 37.9 Å². The molecule has 18 heteroatoms. The SMILES string of the molecule is C=C(C)C(=O)OCCCCOC(=O)C(CCC1CCCCC1)N1C(=O)c2cc(Oc3cc(C)cc(C)c3)c3c4c(Oc5cc(C)cc(C)c5)cc5c6c(cc(Oc7cc(C)cc(C)c7)c(c7c(Oc8cc(C)cc(C)c8)cc(c2c37)C1=O)c64)C(=O)N(C(CCC1CCCCC1)C(=O)OCCCCOC(=O)C(=C)C)C5=O. The first-order valence-corrected chi connectivity index (χ1v) is 38.9. The Balaban J connectivity index is 1.10. The van der Waals surface area contributed by atoms with Gasteiger partial charge in [0, 0.05) is 54.2 Å². The molecule has 4 amide bonds. The van der Waals surface area contributed by atoms with E-state index in [9.17, 15) is 9.59 Å². The molecule has 2 fully saturated rings. The summed E-state index contributed by atoms with van der Waals surface area (Å²) in [5.41, 5.74) is 7.51. The zero-order valence-electron chi connectivity index (χ0n) is 64.9. The number of fused-ring (bicyclic) bond motifs is 2. The molecule has 0 saturated heterocycles. The summed E-state index contributed by atoms with van der Waals surface area (Å²) in [4.78, 5) is 124. The molecule has 0 spiro atoms. The lowest BCUT2D eigenvalue weighted by Crippen LogP contribution is -2.51. The van der Waals surface area contributed by atoms with Gasteiger partial charge in [0.25, 0.3) is 23.6 Å². The molecular formula is C92H98N2O16. The largest absolute Gasteiger partial charge is 0.464 e. The molecule has 0 N–H and O–H groups in total. The molecule has 18 nitrogen and oxygen atoms in total. The van der Waals surface area contributed by atoms with Gasteiger partial charge in [-0.3, -0.25) is 29.0 Å². The Kier molecular flexibility index (Phi) is 23.3. The smallest absolute Gasteiger partial charge is 0.333 e. The van der Waals surface area contributed by atoms with Crippen LogP contribution in [0.3, 0.4) is 0 Å². The molecule has 0 aromatic heterocycles. The summed E-state index contributed by atoms with van der Waals surface area (Å²) in [6, 6.07) is 26.7. The van der Waals surface area contributed by atoms with E-state index in [1.54, 1.807) is 38.1 Å². The second-order valence-corrected chi connectivity index (χ2v) is 31.1. The topological polar surface area (TPSA) is 217 Å². The molecule has 110 heavy (non-hydrogen) atoms. The van der Waals surface area contributed by atoms with E-state index in [0.717, 1.165) is 119 Å². The van der Waals surface area contributed by atoms with E-state index < -0.39 is 59.6 Å². The van der Waals surface area contributed by atoms with Crippen molar-refractivity contribution in [1.82, 2.24) is 9.80 Å². The van der Waals surface area contributed by atoms with Gasteiger partial charge in [-0.05, 0) is 250 Å². The number of hydrogen-bond acceptors (Lipinski definition) is 16. The number of carbonyl (C=O) groups is 8. The van der Waals surface area contributed by atoms with Crippen LogP contribution in [0.15, 0.2) is 121 Å². The van der Waals surface area contributed by atoms with Crippen molar-refractivity contribution < 1.29 is 76.3 Å². The number of carbonyl (C=O) groups excluding carboxylic acids is 8. The highest BCUT2D eigenvalue weighted by atomic mass is 16.6. The van der Waals surface area contributed by atoms with E-state index in [1.807, 2.05) is 128 Å². The van der Waals surface area contributed by atoms with Crippen LogP contribution in [0.1, 0.15) is 215 Å². The van der Waals surface area contributed by atoms with Gasteiger partial charge >= 0.3 is 23.9 Å². The molecule has 2 unspecified atom stereocenters. The molecule has 0 radical (unpaired) electrons. The van der Waals surface area contributed by atoms with E-state index in [1.165, 1.54) is 0 Å². The van der Waals surface area contributed by atoms with Gasteiger partial charge in [-0.1, -0.05) is 102 Å². The first-order valence-electron chi connectivity index (χ1n) is 38.9. The number of rotatable bonds is 30. The van der Waals surface area contributed by atoms with Crippen molar-refractivity contribution in [3.63, 3.8) is 0 Å². The summed E-state index contributed by atoms with van der Waals surface area (Å²) in [5, 5.41) is 2.22. The molecule has 2 saturated carbocycles. The highest BCUT2D eigenvalue weighted by Gasteiger charge is 2.47. The van der Waals surface area contributed by atoms with Gasteiger partial charge in [0.05, 0.1) is 48.7 Å². The molecule has 9 aromatic carbocycles. The minimum absolute atomic E-state index is 0.0210. The number of amides is 4. The molecule has 9 aromatic rings. The Morgan fingerprint density at radius 3 is 0.836 bits per heavy atom. The van der Waals surface area contributed by atoms with E-state index in [4.69, 9.17) is 37.9 Å². The Morgan fingerprint density at radius 1 is 0.345 bits per heavy atom. The lowest BCUT2D eigenvalue weighted by molar-refractivity contribution is -0.149. The zero-order chi connectivity index (χ0) is 77.9. The molecule has 2 heterocycles. The third-order valence-electron chi connectivity index (χ3n) is 21.7. The van der Waals surface area contributed by atoms with Crippen molar-refractivity contribution in [2.24, 2.45) is 11.8 Å². The van der Waals surface area contributed by atoms with Crippen LogP contribution in [0.5, 0.6) is 46.0 Å². The van der Waals surface area contributed by atoms with E-state index >= 15 is 28.8 Å². The Bertz CT molecular complexity index is 4570. The number of ether oxygens (including phenoxy) is 8. The summed E-state index contributed by atoms with van der Waals surface area (Å²) in [5.74, 6) is -3.31. The second kappa shape index (κ2) is 33.1. The molecular weight excluding hydrogens is 1390 g/mol. The van der Waals surface area contributed by atoms with Crippen LogP contribution >= 0.6 is 0 Å². The van der Waals surface area contributed by atoms with Crippen molar-refractivity contribution in [3.05, 3.63) is 188 Å². The van der Waals surface area contributed by atoms with Gasteiger partial charge in [0.2, 0.25) is 0 Å². The number of imide groups is 2. The molecule has 2 aliphatic heterocycles. The van der Waals surface area contributed by atoms with Crippen LogP contribution in [-0.4, -0.2) is 95.8 Å². The van der Waals surface area contributed by atoms with Crippen LogP contribution in [0.2, 0.25) is 0 Å². The molecule has 4 aliphatic rings. The fraction of sp³-hybridized carbons (Fsp3) is 0.391. The Morgan fingerprint density at radius 2 is 0.591 bits per heavy atom. The van der Waals surface area contributed by atoms with Crippen molar-refractivity contribution in [1.29, 1.82) is 0 Å². The minimum atomic E-state index is -1.40. The minimum Gasteiger partial charge on any atom is -0.464 e. The van der Waals surface area contributed by atoms with E-state index in [2.05, 4.69) is 13.2 Å². The number of nitrogens with zero attached hydrogens (tertiary/aromatic N) is 2. The number of aryl methyl sites for hydroxylation is 8. The Hall–Kier alpha value is -10.9. The fourth-order valence-electron chi connectivity index (χ4n) is 16.9. The highest BCUT2D eigenvalue weighted by Crippen LogP contribution is 2.59. The van der Waals surface area contributed by atoms with Crippen molar-refractivity contribution in [2.45, 2.75) is 197 Å².